The first-order chi connectivity index (χ1) is 14.6. The van der Waals surface area contributed by atoms with Crippen LogP contribution in [0, 0.1) is 0 Å². The van der Waals surface area contributed by atoms with Crippen LogP contribution in [0.5, 0.6) is 0 Å². The minimum absolute atomic E-state index is 0.245. The molecule has 1 aliphatic heterocycles. The first-order valence-electron chi connectivity index (χ1n) is 10.3. The summed E-state index contributed by atoms with van der Waals surface area (Å²) in [6, 6.07) is 19.6. The van der Waals surface area contributed by atoms with E-state index < -0.39 is 44.8 Å². The van der Waals surface area contributed by atoms with E-state index in [9.17, 15) is 25.2 Å². The molecular formula is C23H30O7Si. The van der Waals surface area contributed by atoms with Crippen LogP contribution < -0.4 is 10.4 Å². The van der Waals surface area contributed by atoms with Crippen molar-refractivity contribution in [2.45, 2.75) is 56.3 Å². The first kappa shape index (κ1) is 23.6. The SMILES string of the molecule is CC(C)(C)[Si](OC[C@H](O)[C@@H](O)[C@@H]1OC(=O)[C@H](O)[C@@H]1O)(c1ccccc1)c1ccccc1. The Morgan fingerprint density at radius 2 is 1.45 bits per heavy atom. The van der Waals surface area contributed by atoms with Crippen molar-refractivity contribution >= 4 is 24.7 Å². The van der Waals surface area contributed by atoms with Crippen LogP contribution in [0.3, 0.4) is 0 Å². The smallest absolute Gasteiger partial charge is 0.338 e. The summed E-state index contributed by atoms with van der Waals surface area (Å²) >= 11 is 0. The number of hydrogen-bond donors (Lipinski definition) is 4. The molecule has 0 aromatic heterocycles. The maximum absolute atomic E-state index is 11.5. The Hall–Kier alpha value is -2.07. The van der Waals surface area contributed by atoms with Gasteiger partial charge in [0.05, 0.1) is 6.61 Å². The molecule has 4 N–H and O–H groups in total. The second-order valence-corrected chi connectivity index (χ2v) is 13.2. The topological polar surface area (TPSA) is 116 Å². The van der Waals surface area contributed by atoms with E-state index >= 15 is 0 Å². The quantitative estimate of drug-likeness (QED) is 0.348. The summed E-state index contributed by atoms with van der Waals surface area (Å²) in [6.45, 7) is 6.01. The summed E-state index contributed by atoms with van der Waals surface area (Å²) in [5.41, 5.74) is 0. The average Bonchev–Trinajstić information content (AvgIpc) is 3.01. The van der Waals surface area contributed by atoms with Crippen LogP contribution in [-0.2, 0) is 14.0 Å². The third-order valence-corrected chi connectivity index (χ3v) is 10.8. The third-order valence-electron chi connectivity index (χ3n) is 5.77. The van der Waals surface area contributed by atoms with Gasteiger partial charge in [-0.25, -0.2) is 4.79 Å². The van der Waals surface area contributed by atoms with Gasteiger partial charge in [-0.05, 0) is 15.4 Å². The van der Waals surface area contributed by atoms with Crippen LogP contribution in [0.1, 0.15) is 20.8 Å². The first-order valence-corrected chi connectivity index (χ1v) is 12.2. The molecule has 8 heteroatoms. The molecule has 0 aliphatic carbocycles. The highest BCUT2D eigenvalue weighted by molar-refractivity contribution is 6.99. The number of benzene rings is 2. The highest BCUT2D eigenvalue weighted by Gasteiger charge is 2.52. The van der Waals surface area contributed by atoms with Gasteiger partial charge in [-0.2, -0.15) is 0 Å². The number of aliphatic hydroxyl groups is 4. The minimum atomic E-state index is -2.93. The Morgan fingerprint density at radius 1 is 0.968 bits per heavy atom. The van der Waals surface area contributed by atoms with Gasteiger partial charge in [0.2, 0.25) is 0 Å². The molecule has 7 nitrogen and oxygen atoms in total. The van der Waals surface area contributed by atoms with Crippen LogP contribution >= 0.6 is 0 Å². The molecule has 0 bridgehead atoms. The van der Waals surface area contributed by atoms with E-state index in [0.717, 1.165) is 10.4 Å². The van der Waals surface area contributed by atoms with E-state index in [1.165, 1.54) is 0 Å². The Labute approximate surface area is 183 Å². The molecule has 1 aliphatic rings. The van der Waals surface area contributed by atoms with Crippen LogP contribution in [0.2, 0.25) is 5.04 Å². The van der Waals surface area contributed by atoms with Crippen LogP contribution in [-0.4, -0.2) is 71.8 Å². The lowest BCUT2D eigenvalue weighted by Gasteiger charge is -2.43. The summed E-state index contributed by atoms with van der Waals surface area (Å²) in [5, 5.41) is 42.4. The molecule has 5 atom stereocenters. The number of aliphatic hydroxyl groups excluding tert-OH is 4. The summed E-state index contributed by atoms with van der Waals surface area (Å²) < 4.78 is 11.4. The van der Waals surface area contributed by atoms with Crippen molar-refractivity contribution in [1.82, 2.24) is 0 Å². The van der Waals surface area contributed by atoms with Crippen LogP contribution in [0.25, 0.3) is 0 Å². The fourth-order valence-corrected chi connectivity index (χ4v) is 8.73. The van der Waals surface area contributed by atoms with E-state index in [1.807, 2.05) is 60.7 Å². The van der Waals surface area contributed by atoms with Gasteiger partial charge in [-0.3, -0.25) is 0 Å². The molecule has 0 unspecified atom stereocenters. The molecule has 168 valence electrons. The van der Waals surface area contributed by atoms with Gasteiger partial charge in [-0.1, -0.05) is 81.4 Å². The number of carbonyl (C=O) groups is 1. The Morgan fingerprint density at radius 3 is 1.84 bits per heavy atom. The van der Waals surface area contributed by atoms with Crippen molar-refractivity contribution in [2.24, 2.45) is 0 Å². The molecule has 0 radical (unpaired) electrons. The van der Waals surface area contributed by atoms with Crippen molar-refractivity contribution in [2.75, 3.05) is 6.61 Å². The average molecular weight is 447 g/mol. The molecule has 1 saturated heterocycles. The fourth-order valence-electron chi connectivity index (χ4n) is 4.15. The molecule has 2 aromatic carbocycles. The minimum Gasteiger partial charge on any atom is -0.455 e. The van der Waals surface area contributed by atoms with Crippen LogP contribution in [0.4, 0.5) is 0 Å². The van der Waals surface area contributed by atoms with Gasteiger partial charge < -0.3 is 29.6 Å². The largest absolute Gasteiger partial charge is 0.455 e. The Kier molecular flexibility index (Phi) is 7.00. The lowest BCUT2D eigenvalue weighted by atomic mass is 10.0. The standard InChI is InChI=1S/C23H30O7Si/c1-23(2,3)31(15-10-6-4-7-11-15,16-12-8-5-9-13-16)29-14-17(24)18(25)21-19(26)20(27)22(28)30-21/h4-13,17-21,24-27H,14H2,1-3H3/t17-,18+,19-,20+,21-/m0/s1. The number of rotatable bonds is 7. The maximum atomic E-state index is 11.5. The highest BCUT2D eigenvalue weighted by Crippen LogP contribution is 2.37. The van der Waals surface area contributed by atoms with Gasteiger partial charge in [-0.15, -0.1) is 0 Å². The number of ether oxygens (including phenoxy) is 1. The number of esters is 1. The van der Waals surface area contributed by atoms with E-state index in [0.29, 0.717) is 0 Å². The van der Waals surface area contributed by atoms with Gasteiger partial charge in [0, 0.05) is 0 Å². The lowest BCUT2D eigenvalue weighted by molar-refractivity contribution is -0.154. The zero-order chi connectivity index (χ0) is 22.8. The molecule has 3 rings (SSSR count). The number of carbonyl (C=O) groups excluding carboxylic acids is 1. The molecule has 0 saturated carbocycles. The van der Waals surface area contributed by atoms with Crippen LogP contribution in [0.15, 0.2) is 60.7 Å². The lowest BCUT2D eigenvalue weighted by Crippen LogP contribution is -2.67. The second kappa shape index (κ2) is 9.19. The third kappa shape index (κ3) is 4.45. The van der Waals surface area contributed by atoms with Crippen molar-refractivity contribution in [3.63, 3.8) is 0 Å². The molecule has 1 heterocycles. The van der Waals surface area contributed by atoms with Crippen molar-refractivity contribution < 1.29 is 34.4 Å². The van der Waals surface area contributed by atoms with E-state index in [-0.39, 0.29) is 11.6 Å². The predicted molar refractivity (Wildman–Crippen MR) is 117 cm³/mol. The van der Waals surface area contributed by atoms with Gasteiger partial charge in [0.15, 0.2) is 12.2 Å². The zero-order valence-electron chi connectivity index (χ0n) is 17.9. The summed E-state index contributed by atoms with van der Waals surface area (Å²) in [7, 11) is -2.93. The molecule has 31 heavy (non-hydrogen) atoms. The predicted octanol–water partition coefficient (Wildman–Crippen LogP) is -0.0680. The molecule has 0 spiro atoms. The van der Waals surface area contributed by atoms with Gasteiger partial charge >= 0.3 is 5.97 Å². The summed E-state index contributed by atoms with van der Waals surface area (Å²) in [5.74, 6) is -1.03. The normalized spacial score (nSPS) is 24.0. The van der Waals surface area contributed by atoms with Crippen molar-refractivity contribution in [1.29, 1.82) is 0 Å². The fraction of sp³-hybridized carbons (Fsp3) is 0.435. The zero-order valence-corrected chi connectivity index (χ0v) is 18.9. The van der Waals surface area contributed by atoms with Crippen molar-refractivity contribution in [3.05, 3.63) is 60.7 Å². The molecule has 2 aromatic rings. The van der Waals surface area contributed by atoms with Gasteiger partial charge in [0.1, 0.15) is 18.3 Å². The number of hydrogen-bond acceptors (Lipinski definition) is 7. The van der Waals surface area contributed by atoms with E-state index in [2.05, 4.69) is 20.8 Å². The Balaban J connectivity index is 1.92. The van der Waals surface area contributed by atoms with E-state index in [4.69, 9.17) is 9.16 Å². The monoisotopic (exact) mass is 446 g/mol. The number of cyclic esters (lactones) is 1. The highest BCUT2D eigenvalue weighted by atomic mass is 28.4. The Bertz CT molecular complexity index is 829. The summed E-state index contributed by atoms with van der Waals surface area (Å²) in [4.78, 5) is 11.5. The maximum Gasteiger partial charge on any atom is 0.338 e. The van der Waals surface area contributed by atoms with E-state index in [1.54, 1.807) is 0 Å². The second-order valence-electron chi connectivity index (χ2n) is 8.87. The molecule has 1 fully saturated rings. The van der Waals surface area contributed by atoms with Crippen molar-refractivity contribution in [3.8, 4) is 0 Å². The van der Waals surface area contributed by atoms with Gasteiger partial charge in [0.25, 0.3) is 8.32 Å². The molecular weight excluding hydrogens is 416 g/mol. The molecule has 0 amide bonds. The summed E-state index contributed by atoms with van der Waals surface area (Å²) in [6.07, 6.45) is -7.86.